The molecule has 1 aromatic rings. The van der Waals surface area contributed by atoms with E-state index in [0.29, 0.717) is 12.1 Å². The number of rotatable bonds is 6. The fourth-order valence-electron chi connectivity index (χ4n) is 1.73. The predicted octanol–water partition coefficient (Wildman–Crippen LogP) is 3.98. The maximum Gasteiger partial charge on any atom is 0.0388 e. The van der Waals surface area contributed by atoms with Crippen LogP contribution in [0.5, 0.6) is 0 Å². The van der Waals surface area contributed by atoms with Gasteiger partial charge in [-0.25, -0.2) is 0 Å². The molecule has 0 aromatic carbocycles. The SMILES string of the molecule is CCCC(CC)NC(C)c1cccs1. The molecule has 1 aromatic heterocycles. The van der Waals surface area contributed by atoms with Crippen LogP contribution in [0.3, 0.4) is 0 Å². The van der Waals surface area contributed by atoms with Gasteiger partial charge in [-0.05, 0) is 31.2 Å². The Morgan fingerprint density at radius 3 is 2.71 bits per heavy atom. The van der Waals surface area contributed by atoms with Crippen molar-refractivity contribution < 1.29 is 0 Å². The summed E-state index contributed by atoms with van der Waals surface area (Å²) in [5.41, 5.74) is 0. The topological polar surface area (TPSA) is 12.0 Å². The Morgan fingerprint density at radius 2 is 2.21 bits per heavy atom. The van der Waals surface area contributed by atoms with Gasteiger partial charge >= 0.3 is 0 Å². The first-order chi connectivity index (χ1) is 6.77. The summed E-state index contributed by atoms with van der Waals surface area (Å²) in [5.74, 6) is 0. The van der Waals surface area contributed by atoms with Gasteiger partial charge in [-0.15, -0.1) is 11.3 Å². The molecule has 14 heavy (non-hydrogen) atoms. The van der Waals surface area contributed by atoms with Crippen molar-refractivity contribution in [1.29, 1.82) is 0 Å². The molecular weight excluding hydrogens is 190 g/mol. The van der Waals surface area contributed by atoms with Crippen LogP contribution in [-0.4, -0.2) is 6.04 Å². The minimum Gasteiger partial charge on any atom is -0.307 e. The van der Waals surface area contributed by atoms with Gasteiger partial charge in [-0.1, -0.05) is 26.3 Å². The van der Waals surface area contributed by atoms with Crippen LogP contribution < -0.4 is 5.32 Å². The summed E-state index contributed by atoms with van der Waals surface area (Å²) in [6.45, 7) is 6.76. The van der Waals surface area contributed by atoms with Crippen LogP contribution in [0.25, 0.3) is 0 Å². The molecule has 0 saturated carbocycles. The average molecular weight is 211 g/mol. The lowest BCUT2D eigenvalue weighted by Gasteiger charge is -2.21. The van der Waals surface area contributed by atoms with Gasteiger partial charge in [-0.2, -0.15) is 0 Å². The van der Waals surface area contributed by atoms with Gasteiger partial charge in [0.1, 0.15) is 0 Å². The molecule has 2 atom stereocenters. The fraction of sp³-hybridized carbons (Fsp3) is 0.667. The lowest BCUT2D eigenvalue weighted by atomic mass is 10.1. The van der Waals surface area contributed by atoms with Crippen LogP contribution in [0, 0.1) is 0 Å². The van der Waals surface area contributed by atoms with Crippen LogP contribution in [0.1, 0.15) is 51.0 Å². The Morgan fingerprint density at radius 1 is 1.43 bits per heavy atom. The molecule has 2 unspecified atom stereocenters. The lowest BCUT2D eigenvalue weighted by Crippen LogP contribution is -2.30. The highest BCUT2D eigenvalue weighted by molar-refractivity contribution is 7.10. The molecular formula is C12H21NS. The monoisotopic (exact) mass is 211 g/mol. The zero-order chi connectivity index (χ0) is 10.4. The molecule has 1 heterocycles. The molecule has 80 valence electrons. The molecule has 0 aliphatic rings. The first-order valence-corrected chi connectivity index (χ1v) is 6.45. The summed E-state index contributed by atoms with van der Waals surface area (Å²) in [7, 11) is 0. The highest BCUT2D eigenvalue weighted by Gasteiger charge is 2.11. The van der Waals surface area contributed by atoms with Gasteiger partial charge in [0.25, 0.3) is 0 Å². The Balaban J connectivity index is 2.42. The zero-order valence-corrected chi connectivity index (χ0v) is 10.2. The highest BCUT2D eigenvalue weighted by Crippen LogP contribution is 2.19. The zero-order valence-electron chi connectivity index (χ0n) is 9.42. The van der Waals surface area contributed by atoms with Gasteiger partial charge in [0, 0.05) is 17.0 Å². The first kappa shape index (κ1) is 11.7. The van der Waals surface area contributed by atoms with Gasteiger partial charge in [-0.3, -0.25) is 0 Å². The molecule has 1 N–H and O–H groups in total. The molecule has 0 aliphatic carbocycles. The van der Waals surface area contributed by atoms with Crippen LogP contribution in [-0.2, 0) is 0 Å². The number of hydrogen-bond acceptors (Lipinski definition) is 2. The van der Waals surface area contributed by atoms with Crippen molar-refractivity contribution in [3.63, 3.8) is 0 Å². The minimum absolute atomic E-state index is 0.506. The third kappa shape index (κ3) is 3.43. The van der Waals surface area contributed by atoms with Crippen LogP contribution >= 0.6 is 11.3 Å². The average Bonchev–Trinajstić information content (AvgIpc) is 2.69. The van der Waals surface area contributed by atoms with E-state index in [-0.39, 0.29) is 0 Å². The maximum absolute atomic E-state index is 3.68. The van der Waals surface area contributed by atoms with Crippen molar-refractivity contribution in [3.8, 4) is 0 Å². The number of hydrogen-bond donors (Lipinski definition) is 1. The third-order valence-electron chi connectivity index (χ3n) is 2.59. The molecule has 1 nitrogen and oxygen atoms in total. The largest absolute Gasteiger partial charge is 0.307 e. The van der Waals surface area contributed by atoms with Crippen molar-refractivity contribution in [1.82, 2.24) is 5.32 Å². The standard InChI is InChI=1S/C12H21NS/c1-4-7-11(5-2)13-10(3)12-8-6-9-14-12/h6,8-11,13H,4-5,7H2,1-3H3. The normalized spacial score (nSPS) is 15.4. The van der Waals surface area contributed by atoms with Crippen LogP contribution in [0.4, 0.5) is 0 Å². The van der Waals surface area contributed by atoms with E-state index in [1.54, 1.807) is 0 Å². The van der Waals surface area contributed by atoms with E-state index in [0.717, 1.165) is 0 Å². The summed E-state index contributed by atoms with van der Waals surface area (Å²) < 4.78 is 0. The predicted molar refractivity (Wildman–Crippen MR) is 64.9 cm³/mol. The first-order valence-electron chi connectivity index (χ1n) is 5.57. The molecule has 0 spiro atoms. The van der Waals surface area contributed by atoms with Crippen molar-refractivity contribution in [2.75, 3.05) is 0 Å². The van der Waals surface area contributed by atoms with Crippen LogP contribution in [0.2, 0.25) is 0 Å². The molecule has 2 heteroatoms. The Hall–Kier alpha value is -0.340. The quantitative estimate of drug-likeness (QED) is 0.750. The molecule has 1 rings (SSSR count). The second kappa shape index (κ2) is 6.20. The second-order valence-electron chi connectivity index (χ2n) is 3.80. The Labute approximate surface area is 91.5 Å². The molecule has 0 amide bonds. The van der Waals surface area contributed by atoms with Crippen LogP contribution in [0.15, 0.2) is 17.5 Å². The Kier molecular flexibility index (Phi) is 5.20. The maximum atomic E-state index is 3.68. The third-order valence-corrected chi connectivity index (χ3v) is 3.64. The lowest BCUT2D eigenvalue weighted by molar-refractivity contribution is 0.420. The van der Waals surface area contributed by atoms with E-state index in [4.69, 9.17) is 0 Å². The van der Waals surface area contributed by atoms with E-state index < -0.39 is 0 Å². The van der Waals surface area contributed by atoms with Gasteiger partial charge in [0.15, 0.2) is 0 Å². The molecule has 0 bridgehead atoms. The molecule has 0 fully saturated rings. The van der Waals surface area contributed by atoms with Crippen molar-refractivity contribution in [2.45, 2.75) is 52.1 Å². The second-order valence-corrected chi connectivity index (χ2v) is 4.78. The minimum atomic E-state index is 0.506. The van der Waals surface area contributed by atoms with Crippen molar-refractivity contribution >= 4 is 11.3 Å². The molecule has 0 aliphatic heterocycles. The summed E-state index contributed by atoms with van der Waals surface area (Å²) in [4.78, 5) is 1.44. The number of nitrogens with one attached hydrogen (secondary N) is 1. The van der Waals surface area contributed by atoms with E-state index in [1.165, 1.54) is 24.1 Å². The summed E-state index contributed by atoms with van der Waals surface area (Å²) >= 11 is 1.84. The highest BCUT2D eigenvalue weighted by atomic mass is 32.1. The van der Waals surface area contributed by atoms with Gasteiger partial charge < -0.3 is 5.32 Å². The van der Waals surface area contributed by atoms with E-state index in [2.05, 4.69) is 43.6 Å². The fourth-order valence-corrected chi connectivity index (χ4v) is 2.47. The Bertz CT molecular complexity index is 230. The smallest absolute Gasteiger partial charge is 0.0388 e. The summed E-state index contributed by atoms with van der Waals surface area (Å²) in [6.07, 6.45) is 3.78. The number of thiophene rings is 1. The van der Waals surface area contributed by atoms with E-state index >= 15 is 0 Å². The van der Waals surface area contributed by atoms with E-state index in [1.807, 2.05) is 11.3 Å². The van der Waals surface area contributed by atoms with Crippen molar-refractivity contribution in [3.05, 3.63) is 22.4 Å². The van der Waals surface area contributed by atoms with Gasteiger partial charge in [0.2, 0.25) is 0 Å². The van der Waals surface area contributed by atoms with E-state index in [9.17, 15) is 0 Å². The van der Waals surface area contributed by atoms with Gasteiger partial charge in [0.05, 0.1) is 0 Å². The summed E-state index contributed by atoms with van der Waals surface area (Å²) in [5, 5.41) is 5.83. The summed E-state index contributed by atoms with van der Waals surface area (Å²) in [6, 6.07) is 5.52. The van der Waals surface area contributed by atoms with Crippen molar-refractivity contribution in [2.24, 2.45) is 0 Å². The molecule has 0 radical (unpaired) electrons. The molecule has 0 saturated heterocycles.